The first-order valence-corrected chi connectivity index (χ1v) is 10.4. The van der Waals surface area contributed by atoms with E-state index in [0.717, 1.165) is 43.9 Å². The van der Waals surface area contributed by atoms with Gasteiger partial charge in [-0.25, -0.2) is 4.68 Å². The molecule has 1 N–H and O–H groups in total. The van der Waals surface area contributed by atoms with E-state index in [1.807, 2.05) is 24.3 Å². The number of nitrogens with zero attached hydrogens (tertiary/aromatic N) is 4. The van der Waals surface area contributed by atoms with Gasteiger partial charge < -0.3 is 19.2 Å². The van der Waals surface area contributed by atoms with Crippen molar-refractivity contribution >= 4 is 18.1 Å². The lowest BCUT2D eigenvalue weighted by Crippen LogP contribution is -2.49. The van der Waals surface area contributed by atoms with Gasteiger partial charge in [-0.2, -0.15) is 0 Å². The molecular formula is C20H29N5O4S. The number of piperazine rings is 1. The zero-order chi connectivity index (χ0) is 21.3. The molecule has 3 rings (SSSR count). The lowest BCUT2D eigenvalue weighted by molar-refractivity contribution is -0.122. The van der Waals surface area contributed by atoms with Crippen LogP contribution < -0.4 is 10.1 Å². The van der Waals surface area contributed by atoms with Gasteiger partial charge in [0.2, 0.25) is 11.8 Å². The summed E-state index contributed by atoms with van der Waals surface area (Å²) in [6.07, 6.45) is 0.826. The molecule has 0 unspecified atom stereocenters. The van der Waals surface area contributed by atoms with Crippen LogP contribution in [0.2, 0.25) is 0 Å². The van der Waals surface area contributed by atoms with E-state index in [0.29, 0.717) is 37.1 Å². The first-order chi connectivity index (χ1) is 14.6. The summed E-state index contributed by atoms with van der Waals surface area (Å²) >= 11 is 5.34. The molecule has 2 aromatic rings. The van der Waals surface area contributed by atoms with Crippen molar-refractivity contribution < 1.29 is 18.7 Å². The summed E-state index contributed by atoms with van der Waals surface area (Å²) in [4.78, 5) is 16.8. The number of hydrogen-bond donors (Lipinski definition) is 1. The molecule has 0 atom stereocenters. The van der Waals surface area contributed by atoms with E-state index in [1.165, 1.54) is 0 Å². The van der Waals surface area contributed by atoms with Crippen LogP contribution in [0.4, 0.5) is 0 Å². The largest absolute Gasteiger partial charge is 0.497 e. The van der Waals surface area contributed by atoms with Crippen LogP contribution in [0.3, 0.4) is 0 Å². The van der Waals surface area contributed by atoms with E-state index in [2.05, 4.69) is 20.2 Å². The van der Waals surface area contributed by atoms with Crippen LogP contribution in [-0.4, -0.2) is 85.6 Å². The van der Waals surface area contributed by atoms with E-state index in [4.69, 9.17) is 26.1 Å². The normalized spacial score (nSPS) is 15.3. The minimum absolute atomic E-state index is 0.0578. The Balaban J connectivity index is 1.46. The Morgan fingerprint density at radius 3 is 2.53 bits per heavy atom. The SMILES string of the molecule is COCCCNC(=O)CN1CCN(Cn2nc(-c3ccc(OC)cc3)oc2=S)CC1. The van der Waals surface area contributed by atoms with Crippen LogP contribution in [0.5, 0.6) is 5.75 Å². The highest BCUT2D eigenvalue weighted by Gasteiger charge is 2.20. The average Bonchev–Trinajstić information content (AvgIpc) is 3.13. The molecule has 1 aromatic heterocycles. The maximum Gasteiger partial charge on any atom is 0.288 e. The Morgan fingerprint density at radius 1 is 1.17 bits per heavy atom. The Hall–Kier alpha value is -2.27. The topological polar surface area (TPSA) is 85.0 Å². The average molecular weight is 436 g/mol. The van der Waals surface area contributed by atoms with E-state index in [1.54, 1.807) is 18.9 Å². The Labute approximate surface area is 181 Å². The predicted molar refractivity (Wildman–Crippen MR) is 115 cm³/mol. The molecule has 0 radical (unpaired) electrons. The summed E-state index contributed by atoms with van der Waals surface area (Å²) in [6, 6.07) is 7.51. The molecule has 1 aliphatic heterocycles. The molecule has 0 spiro atoms. The monoisotopic (exact) mass is 435 g/mol. The zero-order valence-corrected chi connectivity index (χ0v) is 18.3. The molecule has 30 heavy (non-hydrogen) atoms. The maximum absolute atomic E-state index is 12.0. The highest BCUT2D eigenvalue weighted by molar-refractivity contribution is 7.71. The summed E-state index contributed by atoms with van der Waals surface area (Å²) in [6.45, 7) is 5.61. The van der Waals surface area contributed by atoms with Gasteiger partial charge in [0, 0.05) is 52.0 Å². The van der Waals surface area contributed by atoms with Crippen LogP contribution in [0.15, 0.2) is 28.7 Å². The molecule has 0 saturated carbocycles. The number of hydrogen-bond acceptors (Lipinski definition) is 8. The highest BCUT2D eigenvalue weighted by Crippen LogP contribution is 2.21. The number of ether oxygens (including phenoxy) is 2. The van der Waals surface area contributed by atoms with Crippen LogP contribution in [0.25, 0.3) is 11.5 Å². The number of benzene rings is 1. The smallest absolute Gasteiger partial charge is 0.288 e. The van der Waals surface area contributed by atoms with Crippen molar-refractivity contribution in [1.29, 1.82) is 0 Å². The second-order valence-corrected chi connectivity index (χ2v) is 7.48. The van der Waals surface area contributed by atoms with E-state index >= 15 is 0 Å². The predicted octanol–water partition coefficient (Wildman–Crippen LogP) is 1.61. The lowest BCUT2D eigenvalue weighted by Gasteiger charge is -2.33. The molecular weight excluding hydrogens is 406 g/mol. The molecule has 1 fully saturated rings. The number of carbonyl (C=O) groups excluding carboxylic acids is 1. The number of aromatic nitrogens is 2. The Bertz CT molecular complexity index is 859. The van der Waals surface area contributed by atoms with Gasteiger partial charge in [-0.05, 0) is 42.9 Å². The zero-order valence-electron chi connectivity index (χ0n) is 17.5. The van der Waals surface area contributed by atoms with Gasteiger partial charge in [0.25, 0.3) is 4.84 Å². The maximum atomic E-state index is 12.0. The highest BCUT2D eigenvalue weighted by atomic mass is 32.1. The first kappa shape index (κ1) is 22.4. The number of methoxy groups -OCH3 is 2. The third-order valence-electron chi connectivity index (χ3n) is 4.96. The number of nitrogens with one attached hydrogen (secondary N) is 1. The molecule has 2 heterocycles. The summed E-state index contributed by atoms with van der Waals surface area (Å²) in [5.74, 6) is 1.33. The van der Waals surface area contributed by atoms with Crippen molar-refractivity contribution in [3.8, 4) is 17.2 Å². The second-order valence-electron chi connectivity index (χ2n) is 7.13. The molecule has 9 nitrogen and oxygen atoms in total. The third kappa shape index (κ3) is 6.36. The van der Waals surface area contributed by atoms with E-state index in [-0.39, 0.29) is 5.91 Å². The van der Waals surface area contributed by atoms with Gasteiger partial charge in [-0.15, -0.1) is 5.10 Å². The van der Waals surface area contributed by atoms with E-state index < -0.39 is 0 Å². The fourth-order valence-corrected chi connectivity index (χ4v) is 3.40. The Morgan fingerprint density at radius 2 is 1.87 bits per heavy atom. The van der Waals surface area contributed by atoms with Crippen molar-refractivity contribution in [3.63, 3.8) is 0 Å². The molecule has 0 bridgehead atoms. The molecule has 1 amide bonds. The minimum Gasteiger partial charge on any atom is -0.497 e. The van der Waals surface area contributed by atoms with Crippen LogP contribution in [0, 0.1) is 4.84 Å². The van der Waals surface area contributed by atoms with Gasteiger partial charge in [-0.1, -0.05) is 0 Å². The van der Waals surface area contributed by atoms with Gasteiger partial charge in [0.1, 0.15) is 5.75 Å². The summed E-state index contributed by atoms with van der Waals surface area (Å²) in [5, 5.41) is 7.45. The molecule has 1 saturated heterocycles. The molecule has 164 valence electrons. The van der Waals surface area contributed by atoms with Crippen LogP contribution in [-0.2, 0) is 16.2 Å². The number of carbonyl (C=O) groups is 1. The fraction of sp³-hybridized carbons (Fsp3) is 0.550. The lowest BCUT2D eigenvalue weighted by atomic mass is 10.2. The quantitative estimate of drug-likeness (QED) is 0.445. The Kier molecular flexibility index (Phi) is 8.38. The minimum atomic E-state index is 0.0578. The molecule has 1 aliphatic rings. The van der Waals surface area contributed by atoms with Gasteiger partial charge in [-0.3, -0.25) is 14.6 Å². The first-order valence-electron chi connectivity index (χ1n) is 10.0. The van der Waals surface area contributed by atoms with Gasteiger partial charge in [0.15, 0.2) is 0 Å². The van der Waals surface area contributed by atoms with Crippen molar-refractivity contribution in [2.24, 2.45) is 0 Å². The standard InChI is InChI=1S/C20H29N5O4S/c1-27-13-3-8-21-18(26)14-23-9-11-24(12-10-23)15-25-20(30)29-19(22-25)16-4-6-17(28-2)7-5-16/h4-7H,3,8-15H2,1-2H3,(H,21,26). The fourth-order valence-electron chi connectivity index (χ4n) is 3.23. The van der Waals surface area contributed by atoms with Gasteiger partial charge >= 0.3 is 0 Å². The van der Waals surface area contributed by atoms with Crippen molar-refractivity contribution in [1.82, 2.24) is 24.9 Å². The van der Waals surface area contributed by atoms with Crippen molar-refractivity contribution in [3.05, 3.63) is 29.1 Å². The molecule has 10 heteroatoms. The van der Waals surface area contributed by atoms with E-state index in [9.17, 15) is 4.79 Å². The number of rotatable bonds is 10. The van der Waals surface area contributed by atoms with Crippen LogP contribution in [0.1, 0.15) is 6.42 Å². The molecule has 1 aromatic carbocycles. The van der Waals surface area contributed by atoms with Crippen molar-refractivity contribution in [2.45, 2.75) is 13.1 Å². The summed E-state index contributed by atoms with van der Waals surface area (Å²) < 4.78 is 17.5. The number of amides is 1. The summed E-state index contributed by atoms with van der Waals surface area (Å²) in [5.41, 5.74) is 0.849. The van der Waals surface area contributed by atoms with Crippen LogP contribution >= 0.6 is 12.2 Å². The van der Waals surface area contributed by atoms with Crippen molar-refractivity contribution in [2.75, 3.05) is 60.1 Å². The third-order valence-corrected chi connectivity index (χ3v) is 5.25. The summed E-state index contributed by atoms with van der Waals surface area (Å²) in [7, 11) is 3.29. The van der Waals surface area contributed by atoms with Gasteiger partial charge in [0.05, 0.1) is 20.3 Å². The second kappa shape index (κ2) is 11.2. The molecule has 0 aliphatic carbocycles.